The molecule has 1 saturated heterocycles. The Hall–Kier alpha value is -4.35. The second kappa shape index (κ2) is 9.96. The molecule has 1 fully saturated rings. The lowest BCUT2D eigenvalue weighted by Gasteiger charge is -2.35. The van der Waals surface area contributed by atoms with Gasteiger partial charge in [0.15, 0.2) is 5.78 Å². The van der Waals surface area contributed by atoms with Gasteiger partial charge >= 0.3 is 6.18 Å². The number of halogens is 3. The minimum atomic E-state index is -4.62. The van der Waals surface area contributed by atoms with Crippen molar-refractivity contribution in [3.05, 3.63) is 78.1 Å². The number of benzene rings is 1. The summed E-state index contributed by atoms with van der Waals surface area (Å²) in [7, 11) is 0. The van der Waals surface area contributed by atoms with Gasteiger partial charge in [0.25, 0.3) is 0 Å². The lowest BCUT2D eigenvalue weighted by atomic mass is 10.0. The van der Waals surface area contributed by atoms with Gasteiger partial charge in [-0.05, 0) is 29.8 Å². The first-order chi connectivity index (χ1) is 17.8. The third-order valence-corrected chi connectivity index (χ3v) is 6.11. The molecule has 0 saturated carbocycles. The number of ketones is 1. The third-order valence-electron chi connectivity index (χ3n) is 6.11. The molecule has 0 unspecified atom stereocenters. The van der Waals surface area contributed by atoms with E-state index in [2.05, 4.69) is 25.0 Å². The number of hydrogen-bond donors (Lipinski definition) is 0. The molecule has 0 radical (unpaired) electrons. The number of amides is 1. The van der Waals surface area contributed by atoms with Crippen LogP contribution < -0.4 is 4.90 Å². The Labute approximate surface area is 209 Å². The van der Waals surface area contributed by atoms with Crippen LogP contribution in [0.15, 0.2) is 61.2 Å². The lowest BCUT2D eigenvalue weighted by Crippen LogP contribution is -2.49. The van der Waals surface area contributed by atoms with Crippen LogP contribution in [-0.2, 0) is 23.9 Å². The molecule has 0 N–H and O–H groups in total. The Morgan fingerprint density at radius 1 is 1.00 bits per heavy atom. The number of carbonyl (C=O) groups excluding carboxylic acids is 2. The average molecular weight is 509 g/mol. The number of fused-ring (bicyclic) bond motifs is 1. The second-order valence-electron chi connectivity index (χ2n) is 8.66. The van der Waals surface area contributed by atoms with E-state index in [9.17, 15) is 22.8 Å². The number of pyridine rings is 1. The molecule has 0 atom stereocenters. The van der Waals surface area contributed by atoms with E-state index in [0.717, 1.165) is 17.3 Å². The van der Waals surface area contributed by atoms with E-state index >= 15 is 0 Å². The van der Waals surface area contributed by atoms with Crippen molar-refractivity contribution in [1.82, 2.24) is 29.6 Å². The largest absolute Gasteiger partial charge is 0.433 e. The second-order valence-corrected chi connectivity index (χ2v) is 8.66. The quantitative estimate of drug-likeness (QED) is 0.369. The zero-order valence-electron chi connectivity index (χ0n) is 19.6. The Morgan fingerprint density at radius 3 is 2.54 bits per heavy atom. The summed E-state index contributed by atoms with van der Waals surface area (Å²) in [5.74, 6) is 0.206. The summed E-state index contributed by atoms with van der Waals surface area (Å²) in [6.07, 6.45) is 1.95. The molecule has 0 aliphatic carbocycles. The van der Waals surface area contributed by atoms with Gasteiger partial charge in [-0.1, -0.05) is 12.1 Å². The lowest BCUT2D eigenvalue weighted by molar-refractivity contribution is -0.141. The number of piperazine rings is 1. The average Bonchev–Trinajstić information content (AvgIpc) is 3.30. The highest BCUT2D eigenvalue weighted by Crippen LogP contribution is 2.27. The molecule has 190 valence electrons. The van der Waals surface area contributed by atoms with E-state index in [-0.39, 0.29) is 24.6 Å². The number of anilines is 1. The van der Waals surface area contributed by atoms with Crippen LogP contribution in [0.3, 0.4) is 0 Å². The highest BCUT2D eigenvalue weighted by atomic mass is 19.4. The molecule has 9 nitrogen and oxygen atoms in total. The van der Waals surface area contributed by atoms with Gasteiger partial charge in [-0.15, -0.1) is 0 Å². The summed E-state index contributed by atoms with van der Waals surface area (Å²) in [6.45, 7) is 2.51. The summed E-state index contributed by atoms with van der Waals surface area (Å²) < 4.78 is 40.3. The zero-order valence-corrected chi connectivity index (χ0v) is 19.6. The van der Waals surface area contributed by atoms with Crippen LogP contribution in [0.5, 0.6) is 0 Å². The van der Waals surface area contributed by atoms with Crippen LogP contribution in [0.1, 0.15) is 21.7 Å². The van der Waals surface area contributed by atoms with Gasteiger partial charge in [-0.2, -0.15) is 18.3 Å². The van der Waals surface area contributed by atoms with Gasteiger partial charge in [-0.3, -0.25) is 19.3 Å². The minimum absolute atomic E-state index is 0.0578. The van der Waals surface area contributed by atoms with Crippen molar-refractivity contribution in [3.8, 4) is 0 Å². The van der Waals surface area contributed by atoms with Crippen LogP contribution in [0.2, 0.25) is 0 Å². The van der Waals surface area contributed by atoms with Crippen molar-refractivity contribution in [1.29, 1.82) is 0 Å². The van der Waals surface area contributed by atoms with Crippen molar-refractivity contribution in [3.63, 3.8) is 0 Å². The number of hydrogen-bond acceptors (Lipinski definition) is 7. The molecule has 4 heterocycles. The van der Waals surface area contributed by atoms with Gasteiger partial charge in [0.1, 0.15) is 23.8 Å². The molecule has 1 aromatic carbocycles. The molecule has 37 heavy (non-hydrogen) atoms. The van der Waals surface area contributed by atoms with Crippen LogP contribution in [0.25, 0.3) is 10.9 Å². The molecule has 12 heteroatoms. The van der Waals surface area contributed by atoms with Crippen molar-refractivity contribution in [2.24, 2.45) is 0 Å². The normalized spacial score (nSPS) is 14.2. The van der Waals surface area contributed by atoms with Gasteiger partial charge in [0.2, 0.25) is 5.91 Å². The maximum Gasteiger partial charge on any atom is 0.433 e. The van der Waals surface area contributed by atoms with Gasteiger partial charge in [0.05, 0.1) is 11.7 Å². The SMILES string of the molecule is O=C(Cc1ccc2nn(CC(=O)N3CCN(c4cnccn4)CC3)cc2c1)c1cccc(C(F)(F)F)n1. The molecule has 1 aliphatic heterocycles. The fraction of sp³-hybridized carbons (Fsp3) is 0.280. The summed E-state index contributed by atoms with van der Waals surface area (Å²) in [5.41, 5.74) is -0.0816. The molecule has 3 aromatic heterocycles. The topological polar surface area (TPSA) is 97.1 Å². The van der Waals surface area contributed by atoms with Gasteiger partial charge in [0, 0.05) is 56.6 Å². The number of nitrogens with zero attached hydrogens (tertiary/aromatic N) is 7. The van der Waals surface area contributed by atoms with E-state index in [0.29, 0.717) is 37.3 Å². The fourth-order valence-corrected chi connectivity index (χ4v) is 4.22. The summed E-state index contributed by atoms with van der Waals surface area (Å²) in [4.78, 5) is 41.1. The maximum atomic E-state index is 12.9. The van der Waals surface area contributed by atoms with E-state index < -0.39 is 17.7 Å². The van der Waals surface area contributed by atoms with Crippen molar-refractivity contribution >= 4 is 28.4 Å². The minimum Gasteiger partial charge on any atom is -0.352 e. The molecule has 4 aromatic rings. The fourth-order valence-electron chi connectivity index (χ4n) is 4.22. The third kappa shape index (κ3) is 5.57. The van der Waals surface area contributed by atoms with Crippen molar-refractivity contribution in [2.45, 2.75) is 19.1 Å². The van der Waals surface area contributed by atoms with Crippen LogP contribution >= 0.6 is 0 Å². The van der Waals surface area contributed by atoms with Gasteiger partial charge in [-0.25, -0.2) is 9.97 Å². The van der Waals surface area contributed by atoms with Crippen LogP contribution in [-0.4, -0.2) is 67.5 Å². The molecule has 5 rings (SSSR count). The summed E-state index contributed by atoms with van der Waals surface area (Å²) in [6, 6.07) is 8.43. The predicted molar refractivity (Wildman–Crippen MR) is 128 cm³/mol. The highest BCUT2D eigenvalue weighted by Gasteiger charge is 2.33. The Balaban J connectivity index is 1.21. The van der Waals surface area contributed by atoms with Crippen molar-refractivity contribution in [2.75, 3.05) is 31.1 Å². The maximum absolute atomic E-state index is 12.9. The summed E-state index contributed by atoms with van der Waals surface area (Å²) >= 11 is 0. The van der Waals surface area contributed by atoms with Gasteiger partial charge < -0.3 is 9.80 Å². The highest BCUT2D eigenvalue weighted by molar-refractivity contribution is 5.96. The number of rotatable bonds is 6. The van der Waals surface area contributed by atoms with Crippen LogP contribution in [0, 0.1) is 0 Å². The molecule has 1 amide bonds. The Morgan fingerprint density at radius 2 is 1.81 bits per heavy atom. The first kappa shape index (κ1) is 24.3. The van der Waals surface area contributed by atoms with Crippen molar-refractivity contribution < 1.29 is 22.8 Å². The standard InChI is InChI=1S/C25H22F3N7O2/c26-25(27,28)22-3-1-2-20(31-22)21(36)13-17-4-5-19-18(12-17)15-35(32-19)16-24(37)34-10-8-33(9-11-34)23-14-29-6-7-30-23/h1-7,12,14-15H,8-11,13,16H2. The summed E-state index contributed by atoms with van der Waals surface area (Å²) in [5, 5.41) is 5.17. The van der Waals surface area contributed by atoms with E-state index in [1.54, 1.807) is 52.6 Å². The van der Waals surface area contributed by atoms with Crippen LogP contribution in [0.4, 0.5) is 19.0 Å². The predicted octanol–water partition coefficient (Wildman–Crippen LogP) is 3.01. The van der Waals surface area contributed by atoms with E-state index in [1.807, 2.05) is 0 Å². The first-order valence-electron chi connectivity index (χ1n) is 11.6. The Bertz CT molecular complexity index is 1430. The number of alkyl halides is 3. The molecule has 0 spiro atoms. The molecule has 1 aliphatic rings. The molecular weight excluding hydrogens is 487 g/mol. The number of aromatic nitrogens is 5. The molecule has 0 bridgehead atoms. The van der Waals surface area contributed by atoms with E-state index in [1.165, 1.54) is 12.1 Å². The molecular formula is C25H22F3N7O2. The first-order valence-corrected chi connectivity index (χ1v) is 11.6. The number of Topliss-reactive ketones (excluding diaryl/α,β-unsaturated/α-hetero) is 1. The smallest absolute Gasteiger partial charge is 0.352 e. The Kier molecular flexibility index (Phi) is 6.55. The van der Waals surface area contributed by atoms with E-state index in [4.69, 9.17) is 0 Å². The monoisotopic (exact) mass is 509 g/mol. The number of carbonyl (C=O) groups is 2. The zero-order chi connectivity index (χ0) is 26.0.